The van der Waals surface area contributed by atoms with Gasteiger partial charge in [0.1, 0.15) is 5.82 Å². The Balaban J connectivity index is 1.88. The number of rotatable bonds is 2. The van der Waals surface area contributed by atoms with Gasteiger partial charge in [0.2, 0.25) is 5.92 Å². The lowest BCUT2D eigenvalue weighted by Crippen LogP contribution is -2.42. The number of nitrogens with zero attached hydrogens (tertiary/aromatic N) is 2. The summed E-state index contributed by atoms with van der Waals surface area (Å²) in [5.41, 5.74) is 6.54. The zero-order chi connectivity index (χ0) is 13.5. The van der Waals surface area contributed by atoms with Crippen molar-refractivity contribution in [3.8, 4) is 0 Å². The maximum absolute atomic E-state index is 13.4. The average molecular weight is 269 g/mol. The van der Waals surface area contributed by atoms with Gasteiger partial charge in [-0.2, -0.15) is 0 Å². The fourth-order valence-electron chi connectivity index (χ4n) is 3.33. The third-order valence-electron chi connectivity index (χ3n) is 4.78. The van der Waals surface area contributed by atoms with E-state index in [0.717, 1.165) is 24.5 Å². The second kappa shape index (κ2) is 4.54. The van der Waals surface area contributed by atoms with Crippen LogP contribution < -0.4 is 5.73 Å². The van der Waals surface area contributed by atoms with E-state index in [-0.39, 0.29) is 18.3 Å². The van der Waals surface area contributed by atoms with E-state index in [1.165, 1.54) is 12.8 Å². The van der Waals surface area contributed by atoms with Crippen molar-refractivity contribution in [2.45, 2.75) is 62.8 Å². The van der Waals surface area contributed by atoms with Crippen LogP contribution >= 0.6 is 0 Å². The number of fused-ring (bicyclic) bond motifs is 1. The van der Waals surface area contributed by atoms with Crippen LogP contribution in [0.15, 0.2) is 6.20 Å². The maximum Gasteiger partial charge on any atom is 0.248 e. The molecule has 19 heavy (non-hydrogen) atoms. The van der Waals surface area contributed by atoms with Crippen molar-refractivity contribution >= 4 is 0 Å². The quantitative estimate of drug-likeness (QED) is 0.897. The van der Waals surface area contributed by atoms with Crippen molar-refractivity contribution < 1.29 is 8.78 Å². The SMILES string of the molecule is NCC1(c2cn3c(n2)CCCC3)CCC(F)(F)CC1. The van der Waals surface area contributed by atoms with Crippen LogP contribution in [0.5, 0.6) is 0 Å². The van der Waals surface area contributed by atoms with Gasteiger partial charge < -0.3 is 10.3 Å². The van der Waals surface area contributed by atoms with Gasteiger partial charge in [-0.05, 0) is 25.7 Å². The minimum Gasteiger partial charge on any atom is -0.335 e. The fourth-order valence-corrected chi connectivity index (χ4v) is 3.33. The molecule has 0 aromatic carbocycles. The Kier molecular flexibility index (Phi) is 3.12. The Bertz CT molecular complexity index is 434. The van der Waals surface area contributed by atoms with Crippen LogP contribution in [0.1, 0.15) is 50.0 Å². The summed E-state index contributed by atoms with van der Waals surface area (Å²) in [7, 11) is 0. The monoisotopic (exact) mass is 269 g/mol. The highest BCUT2D eigenvalue weighted by Crippen LogP contribution is 2.44. The van der Waals surface area contributed by atoms with Gasteiger partial charge in [0, 0.05) is 44.0 Å². The van der Waals surface area contributed by atoms with Crippen LogP contribution in [0.3, 0.4) is 0 Å². The first-order valence-corrected chi connectivity index (χ1v) is 7.19. The molecule has 1 aliphatic heterocycles. The zero-order valence-corrected chi connectivity index (χ0v) is 11.2. The van der Waals surface area contributed by atoms with Crippen LogP contribution in [0.2, 0.25) is 0 Å². The minimum atomic E-state index is -2.52. The Labute approximate surface area is 112 Å². The summed E-state index contributed by atoms with van der Waals surface area (Å²) in [5.74, 6) is -1.41. The standard InChI is InChI=1S/C14H21F2N3/c15-14(16)6-4-13(10-17,5-7-14)11-9-19-8-2-1-3-12(19)18-11/h9H,1-8,10,17H2. The largest absolute Gasteiger partial charge is 0.335 e. The number of aromatic nitrogens is 2. The zero-order valence-electron chi connectivity index (χ0n) is 11.2. The lowest BCUT2D eigenvalue weighted by Gasteiger charge is -2.38. The van der Waals surface area contributed by atoms with E-state index in [1.807, 2.05) is 0 Å². The first-order chi connectivity index (χ1) is 9.05. The van der Waals surface area contributed by atoms with Gasteiger partial charge >= 0.3 is 0 Å². The summed E-state index contributed by atoms with van der Waals surface area (Å²) >= 11 is 0. The molecule has 0 bridgehead atoms. The van der Waals surface area contributed by atoms with E-state index in [0.29, 0.717) is 19.4 Å². The van der Waals surface area contributed by atoms with E-state index in [2.05, 4.69) is 10.8 Å². The van der Waals surface area contributed by atoms with E-state index >= 15 is 0 Å². The Hall–Kier alpha value is -0.970. The van der Waals surface area contributed by atoms with Gasteiger partial charge in [0.15, 0.2) is 0 Å². The number of imidazole rings is 1. The molecule has 1 aliphatic carbocycles. The van der Waals surface area contributed by atoms with Crippen LogP contribution in [0.4, 0.5) is 8.78 Å². The number of aryl methyl sites for hydroxylation is 2. The first-order valence-electron chi connectivity index (χ1n) is 7.19. The summed E-state index contributed by atoms with van der Waals surface area (Å²) in [5, 5.41) is 0. The average Bonchev–Trinajstić information content (AvgIpc) is 2.84. The molecule has 1 aromatic rings. The normalized spacial score (nSPS) is 25.0. The van der Waals surface area contributed by atoms with E-state index < -0.39 is 5.92 Å². The smallest absolute Gasteiger partial charge is 0.248 e. The molecule has 0 radical (unpaired) electrons. The molecule has 0 amide bonds. The van der Waals surface area contributed by atoms with Gasteiger partial charge in [-0.1, -0.05) is 0 Å². The van der Waals surface area contributed by atoms with Crippen molar-refractivity contribution in [2.24, 2.45) is 5.73 Å². The molecule has 0 atom stereocenters. The topological polar surface area (TPSA) is 43.8 Å². The van der Waals surface area contributed by atoms with Gasteiger partial charge in [-0.25, -0.2) is 13.8 Å². The lowest BCUT2D eigenvalue weighted by atomic mass is 9.71. The molecule has 5 heteroatoms. The molecular formula is C14H21F2N3. The highest BCUT2D eigenvalue weighted by Gasteiger charge is 2.45. The first kappa shape index (κ1) is 13.0. The predicted octanol–water partition coefficient (Wildman–Crippen LogP) is 2.63. The van der Waals surface area contributed by atoms with Gasteiger partial charge in [0.25, 0.3) is 0 Å². The van der Waals surface area contributed by atoms with Crippen molar-refractivity contribution in [3.05, 3.63) is 17.7 Å². The summed E-state index contributed by atoms with van der Waals surface area (Å²) in [4.78, 5) is 4.70. The van der Waals surface area contributed by atoms with Crippen molar-refractivity contribution in [2.75, 3.05) is 6.54 Å². The Morgan fingerprint density at radius 3 is 2.58 bits per heavy atom. The molecule has 2 heterocycles. The van der Waals surface area contributed by atoms with E-state index in [1.54, 1.807) is 0 Å². The molecule has 3 rings (SSSR count). The van der Waals surface area contributed by atoms with Gasteiger partial charge in [-0.3, -0.25) is 0 Å². The predicted molar refractivity (Wildman–Crippen MR) is 69.3 cm³/mol. The molecule has 0 spiro atoms. The molecule has 1 saturated carbocycles. The highest BCUT2D eigenvalue weighted by molar-refractivity contribution is 5.20. The molecule has 2 aliphatic rings. The highest BCUT2D eigenvalue weighted by atomic mass is 19.3. The third kappa shape index (κ3) is 2.29. The van der Waals surface area contributed by atoms with Crippen molar-refractivity contribution in [1.82, 2.24) is 9.55 Å². The van der Waals surface area contributed by atoms with Gasteiger partial charge in [0.05, 0.1) is 5.69 Å². The number of hydrogen-bond acceptors (Lipinski definition) is 2. The molecule has 1 aromatic heterocycles. The second-order valence-corrected chi connectivity index (χ2v) is 6.03. The summed E-state index contributed by atoms with van der Waals surface area (Å²) in [6.07, 6.45) is 6.18. The number of hydrogen-bond donors (Lipinski definition) is 1. The van der Waals surface area contributed by atoms with Crippen LogP contribution in [0, 0.1) is 0 Å². The van der Waals surface area contributed by atoms with Crippen molar-refractivity contribution in [3.63, 3.8) is 0 Å². The Morgan fingerprint density at radius 1 is 1.21 bits per heavy atom. The van der Waals surface area contributed by atoms with Crippen LogP contribution in [-0.2, 0) is 18.4 Å². The minimum absolute atomic E-state index is 0.0631. The summed E-state index contributed by atoms with van der Waals surface area (Å²) in [6, 6.07) is 0. The molecule has 3 nitrogen and oxygen atoms in total. The molecule has 0 saturated heterocycles. The third-order valence-corrected chi connectivity index (χ3v) is 4.78. The van der Waals surface area contributed by atoms with E-state index in [4.69, 9.17) is 10.7 Å². The van der Waals surface area contributed by atoms with Crippen molar-refractivity contribution in [1.29, 1.82) is 0 Å². The fraction of sp³-hybridized carbons (Fsp3) is 0.786. The number of alkyl halides is 2. The van der Waals surface area contributed by atoms with Crippen LogP contribution in [-0.4, -0.2) is 22.0 Å². The second-order valence-electron chi connectivity index (χ2n) is 6.03. The Morgan fingerprint density at radius 2 is 1.95 bits per heavy atom. The molecule has 0 unspecified atom stereocenters. The maximum atomic E-state index is 13.4. The summed E-state index contributed by atoms with van der Waals surface area (Å²) in [6.45, 7) is 1.42. The molecule has 106 valence electrons. The number of nitrogens with two attached hydrogens (primary N) is 1. The van der Waals surface area contributed by atoms with Crippen LogP contribution in [0.25, 0.3) is 0 Å². The van der Waals surface area contributed by atoms with Gasteiger partial charge in [-0.15, -0.1) is 0 Å². The molecule has 1 fully saturated rings. The van der Waals surface area contributed by atoms with E-state index in [9.17, 15) is 8.78 Å². The summed E-state index contributed by atoms with van der Waals surface area (Å²) < 4.78 is 28.9. The number of halogens is 2. The molecule has 2 N–H and O–H groups in total. The lowest BCUT2D eigenvalue weighted by molar-refractivity contribution is -0.0513. The molecular weight excluding hydrogens is 248 g/mol.